The van der Waals surface area contributed by atoms with E-state index in [1.54, 1.807) is 5.43 Å². The Hall–Kier alpha value is 0.200. The van der Waals surface area contributed by atoms with Gasteiger partial charge in [-0.1, -0.05) is 0 Å². The molecule has 0 aliphatic carbocycles. The Kier molecular flexibility index (Phi) is 8.24. The fourth-order valence-electron chi connectivity index (χ4n) is 0. The van der Waals surface area contributed by atoms with Crippen molar-refractivity contribution in [3.05, 3.63) is 10.1 Å². The summed E-state index contributed by atoms with van der Waals surface area (Å²) >= 11 is 0. The Balaban J connectivity index is 0. The van der Waals surface area contributed by atoms with Crippen LogP contribution in [0.25, 0.3) is 0 Å². The van der Waals surface area contributed by atoms with Crippen LogP contribution < -0.4 is 5.43 Å². The van der Waals surface area contributed by atoms with Gasteiger partial charge in [-0.05, 0) is 0 Å². The molecule has 0 aromatic heterocycles. The molecule has 0 rings (SSSR count). The van der Waals surface area contributed by atoms with Crippen LogP contribution in [0.4, 0.5) is 0 Å². The van der Waals surface area contributed by atoms with Crippen molar-refractivity contribution in [3.8, 4) is 0 Å². The average Bonchev–Trinajstić information content (AvgIpc) is 1.38. The van der Waals surface area contributed by atoms with Gasteiger partial charge in [0.2, 0.25) is 0 Å². The molecule has 0 aromatic carbocycles. The van der Waals surface area contributed by atoms with Crippen molar-refractivity contribution in [2.75, 3.05) is 7.05 Å². The number of nitro groups is 1. The van der Waals surface area contributed by atoms with Crippen LogP contribution in [0.1, 0.15) is 0 Å². The Labute approximate surface area is 57.3 Å². The summed E-state index contributed by atoms with van der Waals surface area (Å²) in [5.41, 5.74) is 1.75. The Morgan fingerprint density at radius 1 is 1.83 bits per heavy atom. The van der Waals surface area contributed by atoms with E-state index in [-0.39, 0.29) is 29.6 Å². The van der Waals surface area contributed by atoms with E-state index in [9.17, 15) is 0 Å². The first-order chi connectivity index (χ1) is 2.27. The van der Waals surface area contributed by atoms with Crippen molar-refractivity contribution < 1.29 is 5.03 Å². The van der Waals surface area contributed by atoms with Crippen LogP contribution in [0.5, 0.6) is 0 Å². The monoisotopic (exact) mass is 100 g/mol. The SMILES string of the molecule is CN[N+](=O)[O-].[NaH]. The molecule has 0 amide bonds. The molecule has 0 atom stereocenters. The Bertz CT molecular complexity index is 46.8. The summed E-state index contributed by atoms with van der Waals surface area (Å²) < 4.78 is 0. The maximum atomic E-state index is 9.06. The molecule has 32 valence electrons. The summed E-state index contributed by atoms with van der Waals surface area (Å²) in [5, 5.41) is 8.44. The predicted octanol–water partition coefficient (Wildman–Crippen LogP) is -1.25. The van der Waals surface area contributed by atoms with Gasteiger partial charge in [-0.25, -0.2) is 10.1 Å². The third-order valence-electron chi connectivity index (χ3n) is 0.183. The third-order valence-corrected chi connectivity index (χ3v) is 0.183. The van der Waals surface area contributed by atoms with Gasteiger partial charge in [0.25, 0.3) is 0 Å². The van der Waals surface area contributed by atoms with Gasteiger partial charge in [0.05, 0.1) is 7.05 Å². The van der Waals surface area contributed by atoms with E-state index in [0.29, 0.717) is 0 Å². The molecule has 0 spiro atoms. The number of hydrogen-bond acceptors (Lipinski definition) is 2. The summed E-state index contributed by atoms with van der Waals surface area (Å²) in [6.07, 6.45) is 0. The number of nitrogens with zero attached hydrogens (tertiary/aromatic N) is 1. The summed E-state index contributed by atoms with van der Waals surface area (Å²) in [5.74, 6) is 0. The van der Waals surface area contributed by atoms with Gasteiger partial charge in [-0.2, -0.15) is 0 Å². The third kappa shape index (κ3) is 8.89. The van der Waals surface area contributed by atoms with Crippen molar-refractivity contribution in [2.24, 2.45) is 0 Å². The van der Waals surface area contributed by atoms with Gasteiger partial charge >= 0.3 is 29.6 Å². The molecule has 4 nitrogen and oxygen atoms in total. The van der Waals surface area contributed by atoms with E-state index in [0.717, 1.165) is 0 Å². The molecule has 6 heavy (non-hydrogen) atoms. The summed E-state index contributed by atoms with van der Waals surface area (Å²) in [4.78, 5) is 9.06. The topological polar surface area (TPSA) is 55.2 Å². The van der Waals surface area contributed by atoms with Gasteiger partial charge < -0.3 is 0 Å². The van der Waals surface area contributed by atoms with Crippen LogP contribution in [-0.2, 0) is 0 Å². The van der Waals surface area contributed by atoms with Gasteiger partial charge in [0.15, 0.2) is 5.03 Å². The summed E-state index contributed by atoms with van der Waals surface area (Å²) in [6, 6.07) is 0. The average molecular weight is 100 g/mol. The minimum absolute atomic E-state index is 0. The fraction of sp³-hybridized carbons (Fsp3) is 1.00. The number of hydrogen-bond donors (Lipinski definition) is 1. The quantitative estimate of drug-likeness (QED) is 0.254. The molecule has 5 heteroatoms. The molecule has 0 aliphatic rings. The number of nitrogens with one attached hydrogen (secondary N) is 1. The Morgan fingerprint density at radius 2 is 2.00 bits per heavy atom. The summed E-state index contributed by atoms with van der Waals surface area (Å²) in [6.45, 7) is 0. The second-order valence-corrected chi connectivity index (χ2v) is 0.481. The maximum absolute atomic E-state index is 9.06. The minimum atomic E-state index is -0.625. The standard InChI is InChI=1S/CH4N2O2.Na.H/c1-2-3(4)5;;/h2H,1H3;;. The van der Waals surface area contributed by atoms with E-state index >= 15 is 0 Å². The molecule has 0 aromatic rings. The molecular weight excluding hydrogens is 95.0 g/mol. The number of hydrazine groups is 1. The van der Waals surface area contributed by atoms with Gasteiger partial charge in [-0.3, -0.25) is 0 Å². The van der Waals surface area contributed by atoms with Crippen molar-refractivity contribution in [3.63, 3.8) is 0 Å². The van der Waals surface area contributed by atoms with Gasteiger partial charge in [0.1, 0.15) is 0 Å². The molecule has 0 heterocycles. The molecule has 1 N–H and O–H groups in total. The molecular formula is CH5N2NaO2. The van der Waals surface area contributed by atoms with E-state index in [4.69, 9.17) is 10.1 Å². The van der Waals surface area contributed by atoms with E-state index < -0.39 is 5.03 Å². The molecule has 0 aliphatic heterocycles. The van der Waals surface area contributed by atoms with Crippen LogP contribution in [0.15, 0.2) is 0 Å². The molecule has 0 saturated carbocycles. The second kappa shape index (κ2) is 5.20. The van der Waals surface area contributed by atoms with Crippen molar-refractivity contribution in [1.82, 2.24) is 5.43 Å². The summed E-state index contributed by atoms with van der Waals surface area (Å²) in [7, 11) is 1.25. The zero-order valence-electron chi connectivity index (χ0n) is 2.76. The predicted molar refractivity (Wildman–Crippen MR) is 23.2 cm³/mol. The fourth-order valence-corrected chi connectivity index (χ4v) is 0. The molecule has 0 bridgehead atoms. The van der Waals surface area contributed by atoms with Crippen molar-refractivity contribution >= 4 is 29.6 Å². The van der Waals surface area contributed by atoms with Crippen LogP contribution in [-0.4, -0.2) is 41.6 Å². The second-order valence-electron chi connectivity index (χ2n) is 0.481. The van der Waals surface area contributed by atoms with Crippen molar-refractivity contribution in [1.29, 1.82) is 0 Å². The molecule has 0 radical (unpaired) electrons. The zero-order valence-corrected chi connectivity index (χ0v) is 2.76. The van der Waals surface area contributed by atoms with Crippen LogP contribution in [0.3, 0.4) is 0 Å². The van der Waals surface area contributed by atoms with Gasteiger partial charge in [0, 0.05) is 0 Å². The molecule has 0 saturated heterocycles. The van der Waals surface area contributed by atoms with Crippen molar-refractivity contribution in [2.45, 2.75) is 0 Å². The zero-order chi connectivity index (χ0) is 4.28. The van der Waals surface area contributed by atoms with Crippen LogP contribution in [0, 0.1) is 10.1 Å². The molecule has 0 unspecified atom stereocenters. The number of rotatable bonds is 1. The first-order valence-corrected chi connectivity index (χ1v) is 1.09. The van der Waals surface area contributed by atoms with Crippen LogP contribution >= 0.6 is 0 Å². The van der Waals surface area contributed by atoms with E-state index in [1.165, 1.54) is 7.05 Å². The van der Waals surface area contributed by atoms with E-state index in [1.807, 2.05) is 0 Å². The Morgan fingerprint density at radius 3 is 2.00 bits per heavy atom. The normalized spacial score (nSPS) is 5.50. The first-order valence-electron chi connectivity index (χ1n) is 1.09. The molecule has 0 fully saturated rings. The van der Waals surface area contributed by atoms with Gasteiger partial charge in [-0.15, -0.1) is 5.43 Å². The van der Waals surface area contributed by atoms with E-state index in [2.05, 4.69) is 0 Å². The van der Waals surface area contributed by atoms with Crippen LogP contribution in [0.2, 0.25) is 0 Å². The first kappa shape index (κ1) is 9.50.